The van der Waals surface area contributed by atoms with E-state index in [9.17, 15) is 0 Å². The maximum absolute atomic E-state index is 5.87. The van der Waals surface area contributed by atoms with Crippen molar-refractivity contribution in [3.8, 4) is 0 Å². The molecule has 1 aliphatic rings. The van der Waals surface area contributed by atoms with Gasteiger partial charge in [-0.05, 0) is 42.9 Å². The number of nitrogens with zero attached hydrogens (tertiary/aromatic N) is 2. The molecule has 20 heavy (non-hydrogen) atoms. The third-order valence-electron chi connectivity index (χ3n) is 3.98. The molecule has 3 rings (SSSR count). The molecular weight excluding hydrogens is 250 g/mol. The molecule has 0 aliphatic heterocycles. The minimum absolute atomic E-state index is 0.565. The number of hydrogen-bond donors (Lipinski definition) is 3. The summed E-state index contributed by atoms with van der Waals surface area (Å²) in [5, 5.41) is 4.36. The number of guanidine groups is 1. The van der Waals surface area contributed by atoms with E-state index < -0.39 is 0 Å². The SMILES string of the molecule is NC(=NCC1CCC1)NCCc1c[nH]c2ncccc12. The Balaban J connectivity index is 1.49. The summed E-state index contributed by atoms with van der Waals surface area (Å²) in [5.74, 6) is 1.32. The molecule has 2 heterocycles. The maximum Gasteiger partial charge on any atom is 0.188 e. The number of nitrogens with one attached hydrogen (secondary N) is 2. The quantitative estimate of drug-likeness (QED) is 0.573. The number of fused-ring (bicyclic) bond motifs is 1. The highest BCUT2D eigenvalue weighted by atomic mass is 15.1. The van der Waals surface area contributed by atoms with Crippen LogP contribution in [0.15, 0.2) is 29.5 Å². The number of rotatable bonds is 5. The number of H-pyrrole nitrogens is 1. The lowest BCUT2D eigenvalue weighted by molar-refractivity contribution is 0.326. The summed E-state index contributed by atoms with van der Waals surface area (Å²) in [6, 6.07) is 4.05. The van der Waals surface area contributed by atoms with E-state index in [-0.39, 0.29) is 0 Å². The second kappa shape index (κ2) is 5.94. The first-order chi connectivity index (χ1) is 9.83. The number of nitrogens with two attached hydrogens (primary N) is 1. The van der Waals surface area contributed by atoms with Gasteiger partial charge in [-0.2, -0.15) is 0 Å². The van der Waals surface area contributed by atoms with Gasteiger partial charge in [0.15, 0.2) is 5.96 Å². The van der Waals surface area contributed by atoms with E-state index >= 15 is 0 Å². The van der Waals surface area contributed by atoms with Gasteiger partial charge < -0.3 is 16.0 Å². The zero-order chi connectivity index (χ0) is 13.8. The van der Waals surface area contributed by atoms with Crippen LogP contribution in [0.2, 0.25) is 0 Å². The van der Waals surface area contributed by atoms with Crippen molar-refractivity contribution in [2.45, 2.75) is 25.7 Å². The van der Waals surface area contributed by atoms with E-state index in [4.69, 9.17) is 5.73 Å². The van der Waals surface area contributed by atoms with E-state index in [0.717, 1.165) is 31.1 Å². The average Bonchev–Trinajstić information content (AvgIpc) is 2.81. The standard InChI is InChI=1S/C15H21N5/c16-15(20-9-11-3-1-4-11)18-8-6-12-10-19-14-13(12)5-2-7-17-14/h2,5,7,10-11H,1,3-4,6,8-9H2,(H,17,19)(H3,16,18,20). The Morgan fingerprint density at radius 3 is 3.20 bits per heavy atom. The van der Waals surface area contributed by atoms with Gasteiger partial charge in [0.2, 0.25) is 0 Å². The van der Waals surface area contributed by atoms with Crippen molar-refractivity contribution < 1.29 is 0 Å². The van der Waals surface area contributed by atoms with Gasteiger partial charge in [-0.15, -0.1) is 0 Å². The van der Waals surface area contributed by atoms with Gasteiger partial charge in [-0.25, -0.2) is 4.98 Å². The van der Waals surface area contributed by atoms with Crippen LogP contribution in [-0.2, 0) is 6.42 Å². The lowest BCUT2D eigenvalue weighted by Gasteiger charge is -2.23. The Kier molecular flexibility index (Phi) is 3.85. The van der Waals surface area contributed by atoms with E-state index in [0.29, 0.717) is 5.96 Å². The molecule has 0 atom stereocenters. The summed E-state index contributed by atoms with van der Waals surface area (Å²) in [7, 11) is 0. The van der Waals surface area contributed by atoms with E-state index in [1.807, 2.05) is 12.3 Å². The zero-order valence-corrected chi connectivity index (χ0v) is 11.6. The third-order valence-corrected chi connectivity index (χ3v) is 3.98. The van der Waals surface area contributed by atoms with Crippen LogP contribution < -0.4 is 11.1 Å². The molecule has 106 valence electrons. The Hall–Kier alpha value is -2.04. The van der Waals surface area contributed by atoms with E-state index in [1.54, 1.807) is 6.20 Å². The Bertz CT molecular complexity index is 597. The van der Waals surface area contributed by atoms with Gasteiger partial charge >= 0.3 is 0 Å². The van der Waals surface area contributed by atoms with Gasteiger partial charge in [0, 0.05) is 30.9 Å². The summed E-state index contributed by atoms with van der Waals surface area (Å²) >= 11 is 0. The molecule has 0 saturated heterocycles. The average molecular weight is 271 g/mol. The van der Waals surface area contributed by atoms with Crippen LogP contribution in [-0.4, -0.2) is 29.0 Å². The van der Waals surface area contributed by atoms with Crippen LogP contribution in [0, 0.1) is 5.92 Å². The molecule has 1 fully saturated rings. The molecule has 5 heteroatoms. The zero-order valence-electron chi connectivity index (χ0n) is 11.6. The second-order valence-corrected chi connectivity index (χ2v) is 5.41. The van der Waals surface area contributed by atoms with Crippen molar-refractivity contribution in [3.05, 3.63) is 30.1 Å². The molecule has 0 amide bonds. The molecule has 0 unspecified atom stereocenters. The molecule has 1 saturated carbocycles. The Morgan fingerprint density at radius 1 is 1.50 bits per heavy atom. The fourth-order valence-electron chi connectivity index (χ4n) is 2.50. The molecule has 0 bridgehead atoms. The van der Waals surface area contributed by atoms with Crippen molar-refractivity contribution in [1.29, 1.82) is 0 Å². The molecule has 4 N–H and O–H groups in total. The lowest BCUT2D eigenvalue weighted by atomic mass is 9.86. The first-order valence-corrected chi connectivity index (χ1v) is 7.27. The predicted octanol–water partition coefficient (Wildman–Crippen LogP) is 1.81. The number of pyridine rings is 1. The maximum atomic E-state index is 5.87. The van der Waals surface area contributed by atoms with Crippen LogP contribution in [0.1, 0.15) is 24.8 Å². The minimum atomic E-state index is 0.565. The van der Waals surface area contributed by atoms with Crippen LogP contribution in [0.4, 0.5) is 0 Å². The van der Waals surface area contributed by atoms with Crippen molar-refractivity contribution in [2.75, 3.05) is 13.1 Å². The summed E-state index contributed by atoms with van der Waals surface area (Å²) in [6.07, 6.45) is 8.68. The van der Waals surface area contributed by atoms with E-state index in [1.165, 1.54) is 30.2 Å². The molecule has 1 aliphatic carbocycles. The molecule has 0 aromatic carbocycles. The largest absolute Gasteiger partial charge is 0.370 e. The van der Waals surface area contributed by atoms with Gasteiger partial charge in [0.25, 0.3) is 0 Å². The molecule has 5 nitrogen and oxygen atoms in total. The molecule has 0 spiro atoms. The first-order valence-electron chi connectivity index (χ1n) is 7.27. The van der Waals surface area contributed by atoms with Crippen molar-refractivity contribution in [3.63, 3.8) is 0 Å². The monoisotopic (exact) mass is 271 g/mol. The van der Waals surface area contributed by atoms with Crippen LogP contribution >= 0.6 is 0 Å². The van der Waals surface area contributed by atoms with Gasteiger partial charge in [-0.3, -0.25) is 4.99 Å². The van der Waals surface area contributed by atoms with Gasteiger partial charge in [0.05, 0.1) is 0 Å². The molecule has 2 aromatic heterocycles. The van der Waals surface area contributed by atoms with E-state index in [2.05, 4.69) is 26.3 Å². The fourth-order valence-corrected chi connectivity index (χ4v) is 2.50. The first kappa shape index (κ1) is 13.0. The third kappa shape index (κ3) is 2.92. The van der Waals surface area contributed by atoms with Crippen LogP contribution in [0.25, 0.3) is 11.0 Å². The number of aromatic amines is 1. The normalized spacial score (nSPS) is 16.3. The van der Waals surface area contributed by atoms with Crippen molar-refractivity contribution in [1.82, 2.24) is 15.3 Å². The topological polar surface area (TPSA) is 79.1 Å². The minimum Gasteiger partial charge on any atom is -0.370 e. The van der Waals surface area contributed by atoms with Crippen LogP contribution in [0.5, 0.6) is 0 Å². The second-order valence-electron chi connectivity index (χ2n) is 5.41. The van der Waals surface area contributed by atoms with Crippen molar-refractivity contribution in [2.24, 2.45) is 16.6 Å². The Morgan fingerprint density at radius 2 is 2.40 bits per heavy atom. The molecule has 2 aromatic rings. The summed E-state index contributed by atoms with van der Waals surface area (Å²) in [4.78, 5) is 11.9. The van der Waals surface area contributed by atoms with Crippen molar-refractivity contribution >= 4 is 17.0 Å². The predicted molar refractivity (Wildman–Crippen MR) is 81.6 cm³/mol. The molecule has 0 radical (unpaired) electrons. The number of aliphatic imine (C=N–C) groups is 1. The summed E-state index contributed by atoms with van der Waals surface area (Å²) in [6.45, 7) is 1.66. The van der Waals surface area contributed by atoms with Gasteiger partial charge in [-0.1, -0.05) is 6.42 Å². The lowest BCUT2D eigenvalue weighted by Crippen LogP contribution is -2.34. The smallest absolute Gasteiger partial charge is 0.188 e. The van der Waals surface area contributed by atoms with Gasteiger partial charge in [0.1, 0.15) is 5.65 Å². The highest BCUT2D eigenvalue weighted by Gasteiger charge is 2.16. The fraction of sp³-hybridized carbons (Fsp3) is 0.467. The summed E-state index contributed by atoms with van der Waals surface area (Å²) in [5.41, 5.74) is 8.07. The number of hydrogen-bond acceptors (Lipinski definition) is 2. The Labute approximate surface area is 118 Å². The molecular formula is C15H21N5. The highest BCUT2D eigenvalue weighted by Crippen LogP contribution is 2.26. The number of aromatic nitrogens is 2. The van der Waals surface area contributed by atoms with Crippen LogP contribution in [0.3, 0.4) is 0 Å². The summed E-state index contributed by atoms with van der Waals surface area (Å²) < 4.78 is 0. The highest BCUT2D eigenvalue weighted by molar-refractivity contribution is 5.80.